The van der Waals surface area contributed by atoms with Crippen LogP contribution in [0.25, 0.3) is 0 Å². The summed E-state index contributed by atoms with van der Waals surface area (Å²) in [6, 6.07) is 10.3. The SMILES string of the molecule is CCOC(=O)C1(C(C)=O)CN(CC(=O)Nc2ccc(C(F)(F)F)cc2)N=C1c1ccc(Cl)cc1. The average molecular weight is 496 g/mol. The standard InChI is InChI=1S/C23H21ClF3N3O4/c1-3-34-21(33)22(14(2)31)13-30(29-20(22)15-4-8-17(24)9-5-15)12-19(32)28-18-10-6-16(7-11-18)23(25,26)27/h4-11H,3,12-13H2,1-2H3,(H,28,32). The molecule has 3 rings (SSSR count). The number of rotatable bonds is 7. The van der Waals surface area contributed by atoms with E-state index in [9.17, 15) is 27.6 Å². The third-order valence-electron chi connectivity index (χ3n) is 5.23. The molecule has 1 N–H and O–H groups in total. The number of hydrazone groups is 1. The minimum atomic E-state index is -4.49. The summed E-state index contributed by atoms with van der Waals surface area (Å²) >= 11 is 5.95. The molecule has 1 heterocycles. The van der Waals surface area contributed by atoms with Gasteiger partial charge < -0.3 is 10.1 Å². The normalized spacial score (nSPS) is 17.8. The number of anilines is 1. The molecule has 0 saturated heterocycles. The van der Waals surface area contributed by atoms with Gasteiger partial charge in [-0.1, -0.05) is 23.7 Å². The summed E-state index contributed by atoms with van der Waals surface area (Å²) in [5, 5.41) is 8.55. The van der Waals surface area contributed by atoms with Crippen LogP contribution in [0.2, 0.25) is 5.02 Å². The largest absolute Gasteiger partial charge is 0.465 e. The molecule has 11 heteroatoms. The van der Waals surface area contributed by atoms with E-state index in [0.29, 0.717) is 10.6 Å². The van der Waals surface area contributed by atoms with E-state index in [2.05, 4.69) is 10.4 Å². The average Bonchev–Trinajstić information content (AvgIpc) is 3.14. The molecule has 0 bridgehead atoms. The van der Waals surface area contributed by atoms with Gasteiger partial charge in [-0.2, -0.15) is 18.3 Å². The van der Waals surface area contributed by atoms with E-state index in [1.54, 1.807) is 31.2 Å². The molecule has 0 radical (unpaired) electrons. The predicted octanol–water partition coefficient (Wildman–Crippen LogP) is 4.16. The van der Waals surface area contributed by atoms with Crippen molar-refractivity contribution in [3.05, 3.63) is 64.7 Å². The number of hydrogen-bond acceptors (Lipinski definition) is 6. The Balaban J connectivity index is 1.85. The highest BCUT2D eigenvalue weighted by atomic mass is 35.5. The fourth-order valence-corrected chi connectivity index (χ4v) is 3.69. The molecular formula is C23H21ClF3N3O4. The van der Waals surface area contributed by atoms with Gasteiger partial charge in [-0.15, -0.1) is 0 Å². The van der Waals surface area contributed by atoms with E-state index < -0.39 is 34.8 Å². The summed E-state index contributed by atoms with van der Waals surface area (Å²) in [6.45, 7) is 2.30. The van der Waals surface area contributed by atoms with E-state index in [0.717, 1.165) is 24.3 Å². The van der Waals surface area contributed by atoms with Crippen LogP contribution in [-0.4, -0.2) is 48.1 Å². The number of esters is 1. The van der Waals surface area contributed by atoms with Crippen molar-refractivity contribution in [1.29, 1.82) is 0 Å². The van der Waals surface area contributed by atoms with Gasteiger partial charge >= 0.3 is 12.1 Å². The summed E-state index contributed by atoms with van der Waals surface area (Å²) in [5.41, 5.74) is -1.86. The van der Waals surface area contributed by atoms with Crippen LogP contribution < -0.4 is 5.32 Å². The number of ketones is 1. The molecular weight excluding hydrogens is 475 g/mol. The predicted molar refractivity (Wildman–Crippen MR) is 119 cm³/mol. The second-order valence-corrected chi connectivity index (χ2v) is 8.02. The number of alkyl halides is 3. The van der Waals surface area contributed by atoms with Crippen molar-refractivity contribution in [2.75, 3.05) is 25.0 Å². The van der Waals surface area contributed by atoms with E-state index in [1.807, 2.05) is 0 Å². The maximum absolute atomic E-state index is 12.9. The van der Waals surface area contributed by atoms with Crippen molar-refractivity contribution in [3.8, 4) is 0 Å². The number of carbonyl (C=O) groups excluding carboxylic acids is 3. The molecule has 34 heavy (non-hydrogen) atoms. The van der Waals surface area contributed by atoms with Gasteiger partial charge in [-0.25, -0.2) is 0 Å². The number of ether oxygens (including phenoxy) is 1. The Bertz CT molecular complexity index is 1120. The molecule has 1 amide bonds. The first-order valence-electron chi connectivity index (χ1n) is 10.2. The smallest absolute Gasteiger partial charge is 0.416 e. The van der Waals surface area contributed by atoms with Gasteiger partial charge in [-0.3, -0.25) is 19.4 Å². The van der Waals surface area contributed by atoms with Crippen molar-refractivity contribution in [2.45, 2.75) is 20.0 Å². The molecule has 2 aromatic carbocycles. The van der Waals surface area contributed by atoms with Crippen LogP contribution in [0, 0.1) is 5.41 Å². The second kappa shape index (κ2) is 9.84. The Morgan fingerprint density at radius 3 is 2.26 bits per heavy atom. The van der Waals surface area contributed by atoms with Gasteiger partial charge in [0.05, 0.1) is 24.4 Å². The lowest BCUT2D eigenvalue weighted by molar-refractivity contribution is -0.155. The monoisotopic (exact) mass is 495 g/mol. The Kier molecular flexibility index (Phi) is 7.30. The lowest BCUT2D eigenvalue weighted by Gasteiger charge is -2.26. The zero-order valence-corrected chi connectivity index (χ0v) is 19.0. The van der Waals surface area contributed by atoms with Crippen molar-refractivity contribution < 1.29 is 32.3 Å². The van der Waals surface area contributed by atoms with Gasteiger partial charge in [0.2, 0.25) is 5.91 Å². The van der Waals surface area contributed by atoms with Crippen LogP contribution in [0.1, 0.15) is 25.0 Å². The minimum absolute atomic E-state index is 0.0379. The van der Waals surface area contributed by atoms with Crippen molar-refractivity contribution >= 4 is 40.7 Å². The summed E-state index contributed by atoms with van der Waals surface area (Å²) < 4.78 is 43.4. The quantitative estimate of drug-likeness (QED) is 0.460. The lowest BCUT2D eigenvalue weighted by Crippen LogP contribution is -2.49. The molecule has 2 aromatic rings. The van der Waals surface area contributed by atoms with Crippen LogP contribution >= 0.6 is 11.6 Å². The zero-order valence-electron chi connectivity index (χ0n) is 18.3. The van der Waals surface area contributed by atoms with Crippen LogP contribution in [0.5, 0.6) is 0 Å². The second-order valence-electron chi connectivity index (χ2n) is 7.58. The van der Waals surface area contributed by atoms with Crippen molar-refractivity contribution in [1.82, 2.24) is 5.01 Å². The molecule has 0 spiro atoms. The summed E-state index contributed by atoms with van der Waals surface area (Å²) in [6.07, 6.45) is -4.49. The highest BCUT2D eigenvalue weighted by molar-refractivity contribution is 6.32. The van der Waals surface area contributed by atoms with E-state index in [4.69, 9.17) is 16.3 Å². The molecule has 180 valence electrons. The van der Waals surface area contributed by atoms with Crippen molar-refractivity contribution in [3.63, 3.8) is 0 Å². The van der Waals surface area contributed by atoms with Gasteiger partial charge in [0.15, 0.2) is 11.2 Å². The molecule has 0 fully saturated rings. The van der Waals surface area contributed by atoms with Gasteiger partial charge in [-0.05, 0) is 55.8 Å². The minimum Gasteiger partial charge on any atom is -0.465 e. The van der Waals surface area contributed by atoms with E-state index in [1.165, 1.54) is 11.9 Å². The highest BCUT2D eigenvalue weighted by Crippen LogP contribution is 2.35. The molecule has 1 unspecified atom stereocenters. The first kappa shape index (κ1) is 25.2. The van der Waals surface area contributed by atoms with E-state index in [-0.39, 0.29) is 31.1 Å². The van der Waals surface area contributed by atoms with Crippen LogP contribution in [-0.2, 0) is 25.3 Å². The van der Waals surface area contributed by atoms with Crippen LogP contribution in [0.3, 0.4) is 0 Å². The Morgan fingerprint density at radius 1 is 1.12 bits per heavy atom. The zero-order chi connectivity index (χ0) is 25.1. The van der Waals surface area contributed by atoms with Gasteiger partial charge in [0.1, 0.15) is 6.54 Å². The summed E-state index contributed by atoms with van der Waals surface area (Å²) in [4.78, 5) is 38.2. The van der Waals surface area contributed by atoms with Gasteiger partial charge in [0, 0.05) is 10.7 Å². The van der Waals surface area contributed by atoms with E-state index >= 15 is 0 Å². The topological polar surface area (TPSA) is 88.1 Å². The highest BCUT2D eigenvalue weighted by Gasteiger charge is 2.55. The Labute approximate surface area is 198 Å². The van der Waals surface area contributed by atoms with Gasteiger partial charge in [0.25, 0.3) is 0 Å². The lowest BCUT2D eigenvalue weighted by atomic mass is 9.77. The fourth-order valence-electron chi connectivity index (χ4n) is 3.56. The Hall–Kier alpha value is -3.40. The summed E-state index contributed by atoms with van der Waals surface area (Å²) in [5.74, 6) is -1.89. The maximum Gasteiger partial charge on any atom is 0.416 e. The van der Waals surface area contributed by atoms with Crippen LogP contribution in [0.15, 0.2) is 53.6 Å². The number of Topliss-reactive ketones (excluding diaryl/α,β-unsaturated/α-hetero) is 1. The molecule has 0 aromatic heterocycles. The van der Waals surface area contributed by atoms with Crippen LogP contribution in [0.4, 0.5) is 18.9 Å². The third-order valence-corrected chi connectivity index (χ3v) is 5.48. The Morgan fingerprint density at radius 2 is 1.74 bits per heavy atom. The number of nitrogens with one attached hydrogen (secondary N) is 1. The first-order chi connectivity index (χ1) is 16.0. The molecule has 0 saturated carbocycles. The molecule has 1 aliphatic rings. The number of nitrogens with zero attached hydrogens (tertiary/aromatic N) is 2. The number of benzene rings is 2. The first-order valence-corrected chi connectivity index (χ1v) is 10.6. The fraction of sp³-hybridized carbons (Fsp3) is 0.304. The molecule has 1 atom stereocenters. The number of hydrogen-bond donors (Lipinski definition) is 1. The number of amides is 1. The molecule has 7 nitrogen and oxygen atoms in total. The third kappa shape index (κ3) is 5.22. The summed E-state index contributed by atoms with van der Waals surface area (Å²) in [7, 11) is 0. The van der Waals surface area contributed by atoms with Crippen molar-refractivity contribution in [2.24, 2.45) is 10.5 Å². The molecule has 1 aliphatic heterocycles. The maximum atomic E-state index is 12.9. The number of halogens is 4. The molecule has 0 aliphatic carbocycles. The number of carbonyl (C=O) groups is 3.